The maximum Gasteiger partial charge on any atom is 0.206 e. The van der Waals surface area contributed by atoms with Crippen molar-refractivity contribution in [1.29, 1.82) is 0 Å². The van der Waals surface area contributed by atoms with Gasteiger partial charge in [-0.25, -0.2) is 8.42 Å². The van der Waals surface area contributed by atoms with Crippen molar-refractivity contribution in [2.75, 3.05) is 4.84 Å². The van der Waals surface area contributed by atoms with Gasteiger partial charge in [-0.3, -0.25) is 4.84 Å². The van der Waals surface area contributed by atoms with Crippen molar-refractivity contribution in [1.82, 2.24) is 0 Å². The molecule has 3 nitrogen and oxygen atoms in total. The minimum atomic E-state index is -3.43. The van der Waals surface area contributed by atoms with E-state index < -0.39 is 9.84 Å². The maximum atomic E-state index is 12.2. The molecule has 0 atom stereocenters. The topological polar surface area (TPSA) is 46.2 Å². The Bertz CT molecular complexity index is 594. The molecule has 17 heavy (non-hydrogen) atoms. The van der Waals surface area contributed by atoms with Crippen LogP contribution in [0.3, 0.4) is 0 Å². The number of hydrogen-bond donors (Lipinski definition) is 1. The van der Waals surface area contributed by atoms with Crippen molar-refractivity contribution in [3.05, 3.63) is 54.6 Å². The molecule has 0 bridgehead atoms. The summed E-state index contributed by atoms with van der Waals surface area (Å²) in [7, 11) is -3.43. The fourth-order valence-corrected chi connectivity index (χ4v) is 2.84. The number of nitrogens with one attached hydrogen (secondary N) is 1. The summed E-state index contributed by atoms with van der Waals surface area (Å²) in [6.07, 6.45) is 0. The predicted molar refractivity (Wildman–Crippen MR) is 67.8 cm³/mol. The Morgan fingerprint density at radius 3 is 1.88 bits per heavy atom. The number of hydrogen-bond acceptors (Lipinski definition) is 3. The molecular weight excluding hydrogens is 258 g/mol. The van der Waals surface area contributed by atoms with Crippen LogP contribution in [-0.2, 0) is 9.84 Å². The van der Waals surface area contributed by atoms with Gasteiger partial charge in [0, 0.05) is 17.5 Å². The Morgan fingerprint density at radius 2 is 1.35 bits per heavy atom. The summed E-state index contributed by atoms with van der Waals surface area (Å²) in [5, 5.41) is 0. The molecule has 5 heteroatoms. The standard InChI is InChI=1S/C12H10ClNO2S/c13-14-10-6-8-12(9-7-10)17(15,16)11-4-2-1-3-5-11/h1-9,14H. The van der Waals surface area contributed by atoms with Gasteiger partial charge in [0.2, 0.25) is 9.84 Å². The average molecular weight is 268 g/mol. The Morgan fingerprint density at radius 1 is 0.824 bits per heavy atom. The van der Waals surface area contributed by atoms with E-state index in [2.05, 4.69) is 4.84 Å². The molecule has 0 amide bonds. The highest BCUT2D eigenvalue weighted by atomic mass is 35.5. The van der Waals surface area contributed by atoms with E-state index in [1.807, 2.05) is 0 Å². The molecule has 1 N–H and O–H groups in total. The molecule has 0 unspecified atom stereocenters. The normalized spacial score (nSPS) is 11.1. The molecule has 0 aromatic heterocycles. The summed E-state index contributed by atoms with van der Waals surface area (Å²) in [4.78, 5) is 2.96. The van der Waals surface area contributed by atoms with E-state index in [4.69, 9.17) is 11.8 Å². The van der Waals surface area contributed by atoms with Gasteiger partial charge in [-0.05, 0) is 36.4 Å². The first kappa shape index (κ1) is 12.0. The predicted octanol–water partition coefficient (Wildman–Crippen LogP) is 3.09. The lowest BCUT2D eigenvalue weighted by Crippen LogP contribution is -2.01. The third-order valence-corrected chi connectivity index (χ3v) is 4.33. The summed E-state index contributed by atoms with van der Waals surface area (Å²) in [6, 6.07) is 14.6. The van der Waals surface area contributed by atoms with Gasteiger partial charge in [-0.2, -0.15) is 0 Å². The second-order valence-corrected chi connectivity index (χ2v) is 5.57. The largest absolute Gasteiger partial charge is 0.299 e. The van der Waals surface area contributed by atoms with Crippen LogP contribution >= 0.6 is 11.8 Å². The van der Waals surface area contributed by atoms with Gasteiger partial charge in [-0.15, -0.1) is 0 Å². The zero-order valence-electron chi connectivity index (χ0n) is 8.80. The van der Waals surface area contributed by atoms with Gasteiger partial charge in [0.1, 0.15) is 0 Å². The van der Waals surface area contributed by atoms with Gasteiger partial charge in [0.15, 0.2) is 0 Å². The third-order valence-electron chi connectivity index (χ3n) is 2.33. The number of sulfone groups is 1. The second-order valence-electron chi connectivity index (χ2n) is 3.44. The van der Waals surface area contributed by atoms with Gasteiger partial charge < -0.3 is 0 Å². The van der Waals surface area contributed by atoms with Gasteiger partial charge in [0.25, 0.3) is 0 Å². The van der Waals surface area contributed by atoms with E-state index in [0.29, 0.717) is 5.69 Å². The van der Waals surface area contributed by atoms with E-state index >= 15 is 0 Å². The van der Waals surface area contributed by atoms with Crippen LogP contribution in [0.4, 0.5) is 5.69 Å². The van der Waals surface area contributed by atoms with Gasteiger partial charge in [-0.1, -0.05) is 18.2 Å². The summed E-state index contributed by atoms with van der Waals surface area (Å²) in [5.74, 6) is 0. The lowest BCUT2D eigenvalue weighted by molar-refractivity contribution is 0.596. The first-order chi connectivity index (χ1) is 8.14. The lowest BCUT2D eigenvalue weighted by atomic mass is 10.3. The molecule has 2 aromatic rings. The van der Waals surface area contributed by atoms with Crippen LogP contribution in [0.5, 0.6) is 0 Å². The monoisotopic (exact) mass is 267 g/mol. The maximum absolute atomic E-state index is 12.2. The molecule has 0 heterocycles. The summed E-state index contributed by atoms with van der Waals surface area (Å²) in [5.41, 5.74) is 0.652. The van der Waals surface area contributed by atoms with Crippen LogP contribution in [0.25, 0.3) is 0 Å². The zero-order chi connectivity index (χ0) is 12.3. The summed E-state index contributed by atoms with van der Waals surface area (Å²) >= 11 is 5.41. The first-order valence-electron chi connectivity index (χ1n) is 4.91. The molecule has 0 aliphatic rings. The van der Waals surface area contributed by atoms with Crippen molar-refractivity contribution < 1.29 is 8.42 Å². The molecule has 2 rings (SSSR count). The smallest absolute Gasteiger partial charge is 0.206 e. The third kappa shape index (κ3) is 2.43. The van der Waals surface area contributed by atoms with Crippen molar-refractivity contribution in [2.24, 2.45) is 0 Å². The molecule has 0 spiro atoms. The highest BCUT2D eigenvalue weighted by Gasteiger charge is 2.16. The molecular formula is C12H10ClNO2S. The first-order valence-corrected chi connectivity index (χ1v) is 6.77. The fourth-order valence-electron chi connectivity index (χ4n) is 1.43. The second kappa shape index (κ2) is 4.77. The molecule has 0 radical (unpaired) electrons. The highest BCUT2D eigenvalue weighted by molar-refractivity contribution is 7.91. The molecule has 0 aliphatic carbocycles. The van der Waals surface area contributed by atoms with Gasteiger partial charge >= 0.3 is 0 Å². The summed E-state index contributed by atoms with van der Waals surface area (Å²) < 4.78 is 24.4. The number of rotatable bonds is 3. The Balaban J connectivity index is 2.45. The molecule has 88 valence electrons. The van der Waals surface area contributed by atoms with E-state index in [-0.39, 0.29) is 9.79 Å². The zero-order valence-corrected chi connectivity index (χ0v) is 10.4. The highest BCUT2D eigenvalue weighted by Crippen LogP contribution is 2.22. The minimum absolute atomic E-state index is 0.249. The SMILES string of the molecule is O=S(=O)(c1ccccc1)c1ccc(NCl)cc1. The number of halogens is 1. The Hall–Kier alpha value is -1.52. The molecule has 2 aromatic carbocycles. The van der Waals surface area contributed by atoms with Crippen molar-refractivity contribution in [3.8, 4) is 0 Å². The fraction of sp³-hybridized carbons (Fsp3) is 0. The Labute approximate surface area is 105 Å². The average Bonchev–Trinajstić information content (AvgIpc) is 2.40. The van der Waals surface area contributed by atoms with E-state index in [0.717, 1.165) is 0 Å². The van der Waals surface area contributed by atoms with Crippen molar-refractivity contribution >= 4 is 27.3 Å². The quantitative estimate of drug-likeness (QED) is 0.870. The van der Waals surface area contributed by atoms with Crippen LogP contribution in [-0.4, -0.2) is 8.42 Å². The van der Waals surface area contributed by atoms with Crippen LogP contribution in [0.1, 0.15) is 0 Å². The number of anilines is 1. The Kier molecular flexibility index (Phi) is 3.36. The minimum Gasteiger partial charge on any atom is -0.299 e. The molecule has 0 aliphatic heterocycles. The van der Waals surface area contributed by atoms with E-state index in [1.54, 1.807) is 42.5 Å². The lowest BCUT2D eigenvalue weighted by Gasteiger charge is -2.05. The summed E-state index contributed by atoms with van der Waals surface area (Å²) in [6.45, 7) is 0. The van der Waals surface area contributed by atoms with Crippen LogP contribution in [0, 0.1) is 0 Å². The molecule has 0 saturated heterocycles. The molecule has 0 saturated carbocycles. The number of benzene rings is 2. The van der Waals surface area contributed by atoms with Crippen molar-refractivity contribution in [2.45, 2.75) is 9.79 Å². The van der Waals surface area contributed by atoms with Crippen LogP contribution in [0.2, 0.25) is 0 Å². The van der Waals surface area contributed by atoms with Crippen molar-refractivity contribution in [3.63, 3.8) is 0 Å². The molecule has 0 fully saturated rings. The van der Waals surface area contributed by atoms with E-state index in [9.17, 15) is 8.42 Å². The van der Waals surface area contributed by atoms with Crippen LogP contribution in [0.15, 0.2) is 64.4 Å². The van der Waals surface area contributed by atoms with Gasteiger partial charge in [0.05, 0.1) is 9.79 Å². The van der Waals surface area contributed by atoms with E-state index in [1.165, 1.54) is 12.1 Å². The van der Waals surface area contributed by atoms with Crippen LogP contribution < -0.4 is 4.84 Å².